The first-order valence-electron chi connectivity index (χ1n) is 2.74. The van der Waals surface area contributed by atoms with Crippen LogP contribution in [0.5, 0.6) is 0 Å². The van der Waals surface area contributed by atoms with Crippen molar-refractivity contribution in [1.29, 1.82) is 0 Å². The van der Waals surface area contributed by atoms with Gasteiger partial charge < -0.3 is 4.74 Å². The molecular formula is C5H11N3O. The number of nitrogens with one attached hydrogen (secondary N) is 1. The molecule has 4 nitrogen and oxygen atoms in total. The number of rotatable bonds is 2. The number of hydrogen-bond acceptors (Lipinski definition) is 4. The lowest BCUT2D eigenvalue weighted by molar-refractivity contribution is 0.256. The lowest BCUT2D eigenvalue weighted by atomic mass is 10.3. The van der Waals surface area contributed by atoms with Gasteiger partial charge in [0.2, 0.25) is 0 Å². The van der Waals surface area contributed by atoms with E-state index in [1.165, 1.54) is 0 Å². The number of hydrogen-bond donors (Lipinski definition) is 2. The third kappa shape index (κ3) is 0.676. The average Bonchev–Trinajstić information content (AvgIpc) is 2.35. The highest BCUT2D eigenvalue weighted by Gasteiger charge is 2.64. The van der Waals surface area contributed by atoms with Crippen LogP contribution in [-0.4, -0.2) is 25.3 Å². The van der Waals surface area contributed by atoms with E-state index in [0.717, 1.165) is 0 Å². The first-order valence-corrected chi connectivity index (χ1v) is 2.74. The van der Waals surface area contributed by atoms with Gasteiger partial charge in [0, 0.05) is 0 Å². The lowest BCUT2D eigenvalue weighted by Crippen LogP contribution is -2.39. The molecule has 0 radical (unpaired) electrons. The predicted octanol–water partition coefficient (Wildman–Crippen LogP) is -0.735. The molecule has 3 N–H and O–H groups in total. The van der Waals surface area contributed by atoms with Gasteiger partial charge in [0.15, 0.2) is 5.72 Å². The van der Waals surface area contributed by atoms with Crippen LogP contribution in [-0.2, 0) is 4.74 Å². The summed E-state index contributed by atoms with van der Waals surface area (Å²) in [5.74, 6) is -0.729. The van der Waals surface area contributed by atoms with Crippen molar-refractivity contribution in [3.8, 4) is 0 Å². The molecule has 1 saturated heterocycles. The minimum absolute atomic E-state index is 0.677. The Labute approximate surface area is 54.1 Å². The number of likely N-dealkylation sites (N-methyl/N-ethyl adjacent to an activating group) is 1. The quantitative estimate of drug-likeness (QED) is 0.381. The summed E-state index contributed by atoms with van der Waals surface area (Å²) in [6, 6.07) is 0. The van der Waals surface area contributed by atoms with E-state index in [-0.39, 0.29) is 0 Å². The molecule has 2 atom stereocenters. The van der Waals surface area contributed by atoms with Gasteiger partial charge in [-0.25, -0.2) is 4.99 Å². The van der Waals surface area contributed by atoms with Crippen LogP contribution in [0, 0.1) is 0 Å². The molecule has 0 aromatic rings. The van der Waals surface area contributed by atoms with E-state index in [0.29, 0.717) is 0 Å². The summed E-state index contributed by atoms with van der Waals surface area (Å²) in [7, 11) is 1.73. The molecule has 4 heteroatoms. The number of ether oxygens (including phenoxy) is 1. The van der Waals surface area contributed by atoms with Crippen molar-refractivity contribution in [3.05, 3.63) is 0 Å². The first kappa shape index (κ1) is 6.67. The van der Waals surface area contributed by atoms with Gasteiger partial charge in [-0.3, -0.25) is 11.1 Å². The summed E-state index contributed by atoms with van der Waals surface area (Å²) in [4.78, 5) is 3.69. The maximum Gasteiger partial charge on any atom is 0.260 e. The maximum atomic E-state index is 5.55. The Morgan fingerprint density at radius 2 is 2.22 bits per heavy atom. The SMILES string of the molecule is C=NC1(NC)OC1(C)N. The van der Waals surface area contributed by atoms with Gasteiger partial charge in [-0.1, -0.05) is 0 Å². The Morgan fingerprint density at radius 3 is 2.22 bits per heavy atom. The Kier molecular flexibility index (Phi) is 1.13. The Balaban J connectivity index is 2.68. The third-order valence-corrected chi connectivity index (χ3v) is 1.55. The minimum Gasteiger partial charge on any atom is -0.310 e. The summed E-state index contributed by atoms with van der Waals surface area (Å²) >= 11 is 0. The molecule has 0 amide bonds. The van der Waals surface area contributed by atoms with E-state index in [1.807, 2.05) is 0 Å². The van der Waals surface area contributed by atoms with Gasteiger partial charge in [0.1, 0.15) is 0 Å². The molecule has 2 unspecified atom stereocenters. The predicted molar refractivity (Wildman–Crippen MR) is 35.0 cm³/mol. The zero-order valence-corrected chi connectivity index (χ0v) is 5.64. The van der Waals surface area contributed by atoms with Crippen LogP contribution in [0.3, 0.4) is 0 Å². The third-order valence-electron chi connectivity index (χ3n) is 1.55. The first-order chi connectivity index (χ1) is 4.08. The number of aliphatic imine (C=N–C) groups is 1. The maximum absolute atomic E-state index is 5.55. The van der Waals surface area contributed by atoms with Crippen LogP contribution in [0.2, 0.25) is 0 Å². The Hall–Kier alpha value is -0.450. The monoisotopic (exact) mass is 129 g/mol. The van der Waals surface area contributed by atoms with Crippen LogP contribution >= 0.6 is 0 Å². The van der Waals surface area contributed by atoms with Gasteiger partial charge in [-0.15, -0.1) is 0 Å². The van der Waals surface area contributed by atoms with E-state index < -0.39 is 11.6 Å². The highest BCUT2D eigenvalue weighted by Crippen LogP contribution is 2.41. The molecule has 1 aliphatic heterocycles. The lowest BCUT2D eigenvalue weighted by Gasteiger charge is -2.04. The van der Waals surface area contributed by atoms with Crippen LogP contribution in [0.4, 0.5) is 0 Å². The Morgan fingerprint density at radius 1 is 1.78 bits per heavy atom. The normalized spacial score (nSPS) is 48.8. The molecule has 1 aliphatic rings. The largest absolute Gasteiger partial charge is 0.310 e. The Bertz CT molecular complexity index is 145. The van der Waals surface area contributed by atoms with Crippen molar-refractivity contribution in [3.63, 3.8) is 0 Å². The molecular weight excluding hydrogens is 118 g/mol. The zero-order chi connectivity index (χ0) is 7.12. The van der Waals surface area contributed by atoms with Crippen molar-refractivity contribution in [2.75, 3.05) is 7.05 Å². The van der Waals surface area contributed by atoms with Crippen molar-refractivity contribution < 1.29 is 4.74 Å². The summed E-state index contributed by atoms with van der Waals surface area (Å²) < 4.78 is 5.03. The van der Waals surface area contributed by atoms with E-state index in [9.17, 15) is 0 Å². The summed E-state index contributed by atoms with van der Waals surface area (Å²) in [6.07, 6.45) is 0. The number of nitrogens with zero attached hydrogens (tertiary/aromatic N) is 1. The smallest absolute Gasteiger partial charge is 0.260 e. The van der Waals surface area contributed by atoms with Gasteiger partial charge >= 0.3 is 0 Å². The molecule has 52 valence electrons. The fourth-order valence-electron chi connectivity index (χ4n) is 0.849. The van der Waals surface area contributed by atoms with Gasteiger partial charge in [-0.05, 0) is 20.7 Å². The van der Waals surface area contributed by atoms with Crippen molar-refractivity contribution in [1.82, 2.24) is 5.32 Å². The molecule has 0 bridgehead atoms. The number of epoxide rings is 1. The van der Waals surface area contributed by atoms with E-state index >= 15 is 0 Å². The minimum atomic E-state index is -0.729. The molecule has 0 aromatic heterocycles. The summed E-state index contributed by atoms with van der Waals surface area (Å²) in [5, 5.41) is 2.82. The fourth-order valence-corrected chi connectivity index (χ4v) is 0.849. The second kappa shape index (κ2) is 1.53. The second-order valence-corrected chi connectivity index (χ2v) is 2.26. The van der Waals surface area contributed by atoms with Crippen LogP contribution < -0.4 is 11.1 Å². The van der Waals surface area contributed by atoms with E-state index in [2.05, 4.69) is 17.0 Å². The molecule has 0 aliphatic carbocycles. The highest BCUT2D eigenvalue weighted by atomic mass is 16.7. The van der Waals surface area contributed by atoms with E-state index in [1.54, 1.807) is 14.0 Å². The average molecular weight is 129 g/mol. The topological polar surface area (TPSA) is 62.9 Å². The highest BCUT2D eigenvalue weighted by molar-refractivity contribution is 5.28. The molecule has 1 heterocycles. The fraction of sp³-hybridized carbons (Fsp3) is 0.800. The molecule has 0 saturated carbocycles. The summed E-state index contributed by atoms with van der Waals surface area (Å²) in [6.45, 7) is 5.09. The van der Waals surface area contributed by atoms with Crippen LogP contribution in [0.25, 0.3) is 0 Å². The zero-order valence-electron chi connectivity index (χ0n) is 5.64. The van der Waals surface area contributed by atoms with Crippen LogP contribution in [0.15, 0.2) is 4.99 Å². The van der Waals surface area contributed by atoms with Crippen LogP contribution in [0.1, 0.15) is 6.92 Å². The van der Waals surface area contributed by atoms with E-state index in [4.69, 9.17) is 10.5 Å². The van der Waals surface area contributed by atoms with Crippen molar-refractivity contribution in [2.24, 2.45) is 10.7 Å². The standard InChI is InChI=1S/C5H11N3O/c1-4(6)5(7-2,8-3)9-4/h8H,2,6H2,1,3H3. The van der Waals surface area contributed by atoms with Crippen molar-refractivity contribution >= 4 is 6.72 Å². The van der Waals surface area contributed by atoms with Gasteiger partial charge in [-0.2, -0.15) is 0 Å². The number of nitrogens with two attached hydrogens (primary N) is 1. The van der Waals surface area contributed by atoms with Gasteiger partial charge in [0.25, 0.3) is 5.85 Å². The molecule has 1 rings (SSSR count). The van der Waals surface area contributed by atoms with Gasteiger partial charge in [0.05, 0.1) is 0 Å². The molecule has 0 aromatic carbocycles. The molecule has 1 fully saturated rings. The second-order valence-electron chi connectivity index (χ2n) is 2.26. The molecule has 9 heavy (non-hydrogen) atoms. The summed E-state index contributed by atoms with van der Waals surface area (Å²) in [5.41, 5.74) is 4.87. The molecule has 0 spiro atoms. The van der Waals surface area contributed by atoms with Crippen molar-refractivity contribution in [2.45, 2.75) is 18.5 Å².